The lowest BCUT2D eigenvalue weighted by molar-refractivity contribution is 0.312. The van der Waals surface area contributed by atoms with E-state index in [2.05, 4.69) is 21.8 Å². The van der Waals surface area contributed by atoms with Crippen LogP contribution in [0.1, 0.15) is 19.4 Å². The summed E-state index contributed by atoms with van der Waals surface area (Å²) in [6.45, 7) is 4.64. The third-order valence-electron chi connectivity index (χ3n) is 3.13. The Bertz CT molecular complexity index is 484. The molecule has 2 rings (SSSR count). The summed E-state index contributed by atoms with van der Waals surface area (Å²) in [4.78, 5) is 4.05. The van der Waals surface area contributed by atoms with Crippen molar-refractivity contribution in [3.05, 3.63) is 48.0 Å². The molecule has 0 spiro atoms. The molecule has 0 fully saturated rings. The summed E-state index contributed by atoms with van der Waals surface area (Å²) in [5, 5.41) is 4.10. The lowest BCUT2D eigenvalue weighted by Crippen LogP contribution is -2.23. The first-order chi connectivity index (χ1) is 9.75. The van der Waals surface area contributed by atoms with Crippen molar-refractivity contribution in [2.24, 2.45) is 0 Å². The number of imidazole rings is 1. The van der Waals surface area contributed by atoms with Crippen LogP contribution in [0.5, 0.6) is 5.75 Å². The second-order valence-electron chi connectivity index (χ2n) is 4.70. The van der Waals surface area contributed by atoms with Crippen molar-refractivity contribution in [1.82, 2.24) is 14.9 Å². The Morgan fingerprint density at radius 1 is 1.30 bits per heavy atom. The highest BCUT2D eigenvalue weighted by Crippen LogP contribution is 2.15. The van der Waals surface area contributed by atoms with Gasteiger partial charge in [0.25, 0.3) is 0 Å². The highest BCUT2D eigenvalue weighted by atomic mass is 35.5. The lowest BCUT2D eigenvalue weighted by atomic mass is 10.2. The van der Waals surface area contributed by atoms with Gasteiger partial charge in [0.1, 0.15) is 12.4 Å². The molecule has 1 atom stereocenters. The van der Waals surface area contributed by atoms with E-state index >= 15 is 0 Å². The second-order valence-corrected chi connectivity index (χ2v) is 5.14. The minimum atomic E-state index is 0.460. The van der Waals surface area contributed by atoms with Gasteiger partial charge >= 0.3 is 0 Å². The molecule has 4 nitrogen and oxygen atoms in total. The molecule has 1 N–H and O–H groups in total. The van der Waals surface area contributed by atoms with Gasteiger partial charge in [-0.15, -0.1) is 0 Å². The van der Waals surface area contributed by atoms with Crippen LogP contribution in [-0.2, 0) is 0 Å². The van der Waals surface area contributed by atoms with Gasteiger partial charge in [0.2, 0.25) is 0 Å². The second kappa shape index (κ2) is 7.92. The summed E-state index contributed by atoms with van der Waals surface area (Å²) in [6.07, 6.45) is 6.73. The molecule has 2 aromatic rings. The summed E-state index contributed by atoms with van der Waals surface area (Å²) < 4.78 is 7.72. The van der Waals surface area contributed by atoms with Crippen LogP contribution in [0.2, 0.25) is 5.02 Å². The van der Waals surface area contributed by atoms with Crippen LogP contribution < -0.4 is 10.1 Å². The number of nitrogens with one attached hydrogen (secondary N) is 1. The molecule has 20 heavy (non-hydrogen) atoms. The van der Waals surface area contributed by atoms with Crippen LogP contribution in [0.4, 0.5) is 0 Å². The molecule has 0 saturated heterocycles. The zero-order chi connectivity index (χ0) is 14.2. The largest absolute Gasteiger partial charge is 0.492 e. The normalized spacial score (nSPS) is 12.3. The van der Waals surface area contributed by atoms with Gasteiger partial charge in [-0.25, -0.2) is 4.98 Å². The Kier molecular flexibility index (Phi) is 5.89. The van der Waals surface area contributed by atoms with Crippen LogP contribution >= 0.6 is 11.6 Å². The van der Waals surface area contributed by atoms with Crippen molar-refractivity contribution in [3.8, 4) is 5.75 Å². The minimum Gasteiger partial charge on any atom is -0.492 e. The number of hydrogen-bond donors (Lipinski definition) is 1. The number of ether oxygens (including phenoxy) is 1. The van der Waals surface area contributed by atoms with Gasteiger partial charge in [-0.1, -0.05) is 11.6 Å². The molecule has 0 aliphatic heterocycles. The molecule has 0 radical (unpaired) electrons. The van der Waals surface area contributed by atoms with Crippen molar-refractivity contribution in [2.45, 2.75) is 19.4 Å². The monoisotopic (exact) mass is 293 g/mol. The first kappa shape index (κ1) is 14.9. The average Bonchev–Trinajstić information content (AvgIpc) is 2.98. The van der Waals surface area contributed by atoms with E-state index in [0.29, 0.717) is 12.6 Å². The van der Waals surface area contributed by atoms with E-state index in [4.69, 9.17) is 16.3 Å². The number of halogens is 1. The zero-order valence-electron chi connectivity index (χ0n) is 11.6. The SMILES string of the molecule is CC(CCNCCOc1ccc(Cl)cc1)n1ccnc1. The molecule has 1 aromatic heterocycles. The fourth-order valence-electron chi connectivity index (χ4n) is 1.89. The van der Waals surface area contributed by atoms with Gasteiger partial charge in [0.05, 0.1) is 6.33 Å². The van der Waals surface area contributed by atoms with Crippen LogP contribution in [0.25, 0.3) is 0 Å². The standard InChI is InChI=1S/C15H20ClN3O/c1-13(19-10-8-18-12-19)6-7-17-9-11-20-15-4-2-14(16)3-5-15/h2-5,8,10,12-13,17H,6-7,9,11H2,1H3. The fraction of sp³-hybridized carbons (Fsp3) is 0.400. The third-order valence-corrected chi connectivity index (χ3v) is 3.39. The van der Waals surface area contributed by atoms with Crippen molar-refractivity contribution >= 4 is 11.6 Å². The zero-order valence-corrected chi connectivity index (χ0v) is 12.4. The van der Waals surface area contributed by atoms with Gasteiger partial charge in [0.15, 0.2) is 0 Å². The molecule has 5 heteroatoms. The van der Waals surface area contributed by atoms with E-state index in [1.807, 2.05) is 43.0 Å². The maximum Gasteiger partial charge on any atom is 0.119 e. The Hall–Kier alpha value is -1.52. The van der Waals surface area contributed by atoms with Gasteiger partial charge in [0, 0.05) is 30.0 Å². The molecule has 0 bridgehead atoms. The fourth-order valence-corrected chi connectivity index (χ4v) is 2.01. The molecule has 108 valence electrons. The maximum absolute atomic E-state index is 5.81. The third kappa shape index (κ3) is 4.87. The molecular weight excluding hydrogens is 274 g/mol. The summed E-state index contributed by atoms with van der Waals surface area (Å²) in [5.74, 6) is 0.850. The van der Waals surface area contributed by atoms with Crippen LogP contribution in [0.3, 0.4) is 0 Å². The highest BCUT2D eigenvalue weighted by molar-refractivity contribution is 6.30. The molecule has 0 aliphatic carbocycles. The van der Waals surface area contributed by atoms with Gasteiger partial charge in [-0.05, 0) is 44.2 Å². The van der Waals surface area contributed by atoms with Crippen LogP contribution in [-0.4, -0.2) is 29.2 Å². The summed E-state index contributed by atoms with van der Waals surface area (Å²) in [7, 11) is 0. The van der Waals surface area contributed by atoms with E-state index in [-0.39, 0.29) is 0 Å². The summed E-state index contributed by atoms with van der Waals surface area (Å²) in [6, 6.07) is 7.88. The minimum absolute atomic E-state index is 0.460. The van der Waals surface area contributed by atoms with Crippen molar-refractivity contribution < 1.29 is 4.74 Å². The highest BCUT2D eigenvalue weighted by Gasteiger charge is 2.02. The van der Waals surface area contributed by atoms with Crippen LogP contribution in [0, 0.1) is 0 Å². The predicted molar refractivity (Wildman–Crippen MR) is 81.4 cm³/mol. The Morgan fingerprint density at radius 2 is 2.10 bits per heavy atom. The number of hydrogen-bond acceptors (Lipinski definition) is 3. The van der Waals surface area contributed by atoms with E-state index in [1.54, 1.807) is 0 Å². The molecule has 1 aromatic carbocycles. The van der Waals surface area contributed by atoms with Crippen molar-refractivity contribution in [2.75, 3.05) is 19.7 Å². The maximum atomic E-state index is 5.81. The lowest BCUT2D eigenvalue weighted by Gasteiger charge is -2.13. The molecule has 0 saturated carbocycles. The molecule has 1 unspecified atom stereocenters. The van der Waals surface area contributed by atoms with Crippen molar-refractivity contribution in [3.63, 3.8) is 0 Å². The van der Waals surface area contributed by atoms with Crippen molar-refractivity contribution in [1.29, 1.82) is 0 Å². The quantitative estimate of drug-likeness (QED) is 0.760. The number of rotatable bonds is 8. The first-order valence-corrected chi connectivity index (χ1v) is 7.20. The topological polar surface area (TPSA) is 39.1 Å². The van der Waals surface area contributed by atoms with Crippen LogP contribution in [0.15, 0.2) is 43.0 Å². The average molecular weight is 294 g/mol. The smallest absolute Gasteiger partial charge is 0.119 e. The predicted octanol–water partition coefficient (Wildman–Crippen LogP) is 3.16. The Balaban J connectivity index is 1.54. The van der Waals surface area contributed by atoms with E-state index in [1.165, 1.54) is 0 Å². The number of nitrogens with zero attached hydrogens (tertiary/aromatic N) is 2. The molecular formula is C15H20ClN3O. The van der Waals surface area contributed by atoms with E-state index in [0.717, 1.165) is 30.3 Å². The van der Waals surface area contributed by atoms with E-state index < -0.39 is 0 Å². The molecule has 0 amide bonds. The van der Waals surface area contributed by atoms with Gasteiger partial charge < -0.3 is 14.6 Å². The van der Waals surface area contributed by atoms with Gasteiger partial charge in [-0.2, -0.15) is 0 Å². The van der Waals surface area contributed by atoms with E-state index in [9.17, 15) is 0 Å². The number of benzene rings is 1. The Labute approximate surface area is 124 Å². The summed E-state index contributed by atoms with van der Waals surface area (Å²) in [5.41, 5.74) is 0. The molecule has 1 heterocycles. The number of aromatic nitrogens is 2. The Morgan fingerprint density at radius 3 is 2.80 bits per heavy atom. The van der Waals surface area contributed by atoms with Gasteiger partial charge in [-0.3, -0.25) is 0 Å². The molecule has 0 aliphatic rings. The first-order valence-electron chi connectivity index (χ1n) is 6.82. The summed E-state index contributed by atoms with van der Waals surface area (Å²) >= 11 is 5.81.